The van der Waals surface area contributed by atoms with Gasteiger partial charge < -0.3 is 10.1 Å². The SMILES string of the molecule is CC(C)(C)C1CCc2c(C(=O)NCCCN3CCOCC3)csc2C1. The molecule has 0 spiro atoms. The lowest BCUT2D eigenvalue weighted by Crippen LogP contribution is -2.38. The van der Waals surface area contributed by atoms with Crippen molar-refractivity contribution in [2.45, 2.75) is 46.5 Å². The Balaban J connectivity index is 1.48. The van der Waals surface area contributed by atoms with Crippen LogP contribution in [0.5, 0.6) is 0 Å². The summed E-state index contributed by atoms with van der Waals surface area (Å²) in [5, 5.41) is 5.20. The lowest BCUT2D eigenvalue weighted by atomic mass is 9.72. The molecule has 5 heteroatoms. The monoisotopic (exact) mass is 364 g/mol. The fraction of sp³-hybridized carbons (Fsp3) is 0.750. The summed E-state index contributed by atoms with van der Waals surface area (Å²) in [5.74, 6) is 0.844. The topological polar surface area (TPSA) is 41.6 Å². The summed E-state index contributed by atoms with van der Waals surface area (Å²) < 4.78 is 5.36. The van der Waals surface area contributed by atoms with Gasteiger partial charge in [0.1, 0.15) is 0 Å². The zero-order chi connectivity index (χ0) is 17.9. The van der Waals surface area contributed by atoms with Crippen LogP contribution in [0.1, 0.15) is 54.4 Å². The van der Waals surface area contributed by atoms with E-state index in [0.717, 1.165) is 70.1 Å². The summed E-state index contributed by atoms with van der Waals surface area (Å²) in [6.45, 7) is 12.5. The second-order valence-corrected chi connectivity index (χ2v) is 9.38. The van der Waals surface area contributed by atoms with Crippen molar-refractivity contribution < 1.29 is 9.53 Å². The van der Waals surface area contributed by atoms with E-state index in [-0.39, 0.29) is 5.91 Å². The van der Waals surface area contributed by atoms with Gasteiger partial charge in [-0.2, -0.15) is 0 Å². The highest BCUT2D eigenvalue weighted by molar-refractivity contribution is 7.10. The lowest BCUT2D eigenvalue weighted by molar-refractivity contribution is 0.0374. The number of hydrogen-bond acceptors (Lipinski definition) is 4. The zero-order valence-electron chi connectivity index (χ0n) is 15.9. The van der Waals surface area contributed by atoms with Gasteiger partial charge in [-0.15, -0.1) is 11.3 Å². The number of nitrogens with one attached hydrogen (secondary N) is 1. The van der Waals surface area contributed by atoms with Gasteiger partial charge in [-0.3, -0.25) is 9.69 Å². The molecule has 1 atom stereocenters. The molecule has 1 aromatic heterocycles. The number of carbonyl (C=O) groups is 1. The molecule has 1 aliphatic carbocycles. The number of amides is 1. The Morgan fingerprint density at radius 1 is 1.36 bits per heavy atom. The molecule has 1 amide bonds. The van der Waals surface area contributed by atoms with Gasteiger partial charge in [0.05, 0.1) is 18.8 Å². The maximum atomic E-state index is 12.6. The van der Waals surface area contributed by atoms with E-state index < -0.39 is 0 Å². The zero-order valence-corrected chi connectivity index (χ0v) is 16.7. The number of carbonyl (C=O) groups excluding carboxylic acids is 1. The van der Waals surface area contributed by atoms with Crippen LogP contribution in [-0.2, 0) is 17.6 Å². The highest BCUT2D eigenvalue weighted by Crippen LogP contribution is 2.40. The first-order chi connectivity index (χ1) is 11.9. The van der Waals surface area contributed by atoms with Crippen molar-refractivity contribution in [3.8, 4) is 0 Å². The van der Waals surface area contributed by atoms with Gasteiger partial charge in [0, 0.05) is 29.9 Å². The molecule has 1 saturated heterocycles. The van der Waals surface area contributed by atoms with Gasteiger partial charge in [-0.1, -0.05) is 20.8 Å². The quantitative estimate of drug-likeness (QED) is 0.815. The van der Waals surface area contributed by atoms with Gasteiger partial charge in [0.2, 0.25) is 0 Å². The Bertz CT molecular complexity index is 585. The molecule has 140 valence electrons. The van der Waals surface area contributed by atoms with Crippen molar-refractivity contribution in [3.63, 3.8) is 0 Å². The molecule has 2 aliphatic rings. The number of fused-ring (bicyclic) bond motifs is 1. The molecular formula is C20H32N2O2S. The van der Waals surface area contributed by atoms with Crippen LogP contribution in [0.4, 0.5) is 0 Å². The highest BCUT2D eigenvalue weighted by Gasteiger charge is 2.31. The lowest BCUT2D eigenvalue weighted by Gasteiger charge is -2.34. The first kappa shape index (κ1) is 18.9. The highest BCUT2D eigenvalue weighted by atomic mass is 32.1. The van der Waals surface area contributed by atoms with Gasteiger partial charge in [0.15, 0.2) is 0 Å². The van der Waals surface area contributed by atoms with Crippen molar-refractivity contribution in [3.05, 3.63) is 21.4 Å². The number of morpholine rings is 1. The number of rotatable bonds is 5. The fourth-order valence-electron chi connectivity index (χ4n) is 3.87. The summed E-state index contributed by atoms with van der Waals surface area (Å²) in [6.07, 6.45) is 4.39. The number of nitrogens with zero attached hydrogens (tertiary/aromatic N) is 1. The molecule has 0 radical (unpaired) electrons. The number of ether oxygens (including phenoxy) is 1. The normalized spacial score (nSPS) is 21.8. The van der Waals surface area contributed by atoms with E-state index in [1.807, 2.05) is 0 Å². The smallest absolute Gasteiger partial charge is 0.252 e. The molecule has 25 heavy (non-hydrogen) atoms. The minimum absolute atomic E-state index is 0.119. The van der Waals surface area contributed by atoms with Gasteiger partial charge >= 0.3 is 0 Å². The summed E-state index contributed by atoms with van der Waals surface area (Å²) in [5.41, 5.74) is 2.60. The second-order valence-electron chi connectivity index (χ2n) is 8.42. The average molecular weight is 365 g/mol. The summed E-state index contributed by atoms with van der Waals surface area (Å²) in [6, 6.07) is 0. The molecule has 1 fully saturated rings. The van der Waals surface area contributed by atoms with Crippen molar-refractivity contribution in [2.75, 3.05) is 39.4 Å². The molecule has 3 rings (SSSR count). The Labute approximate surface area is 155 Å². The summed E-state index contributed by atoms with van der Waals surface area (Å²) in [7, 11) is 0. The van der Waals surface area contributed by atoms with Gasteiger partial charge in [0.25, 0.3) is 5.91 Å². The van der Waals surface area contributed by atoms with Crippen LogP contribution in [0.15, 0.2) is 5.38 Å². The Hall–Kier alpha value is -0.910. The molecule has 0 bridgehead atoms. The molecule has 1 aromatic rings. The van der Waals surface area contributed by atoms with E-state index in [0.29, 0.717) is 5.41 Å². The van der Waals surface area contributed by atoms with E-state index in [1.54, 1.807) is 11.3 Å². The molecule has 0 saturated carbocycles. The number of hydrogen-bond donors (Lipinski definition) is 1. The first-order valence-electron chi connectivity index (χ1n) is 9.62. The van der Waals surface area contributed by atoms with E-state index in [1.165, 1.54) is 16.9 Å². The van der Waals surface area contributed by atoms with E-state index in [4.69, 9.17) is 4.74 Å². The maximum absolute atomic E-state index is 12.6. The van der Waals surface area contributed by atoms with Gasteiger partial charge in [-0.05, 0) is 49.1 Å². The second kappa shape index (κ2) is 8.19. The fourth-order valence-corrected chi connectivity index (χ4v) is 5.03. The predicted molar refractivity (Wildman–Crippen MR) is 103 cm³/mol. The van der Waals surface area contributed by atoms with Crippen LogP contribution in [0.2, 0.25) is 0 Å². The number of thiophene rings is 1. The minimum Gasteiger partial charge on any atom is -0.379 e. The molecule has 1 aliphatic heterocycles. The molecule has 1 N–H and O–H groups in total. The van der Waals surface area contributed by atoms with Crippen molar-refractivity contribution in [2.24, 2.45) is 11.3 Å². The first-order valence-corrected chi connectivity index (χ1v) is 10.5. The minimum atomic E-state index is 0.119. The largest absolute Gasteiger partial charge is 0.379 e. The Kier molecular flexibility index (Phi) is 6.18. The van der Waals surface area contributed by atoms with Crippen LogP contribution in [0.25, 0.3) is 0 Å². The van der Waals surface area contributed by atoms with Gasteiger partial charge in [-0.25, -0.2) is 0 Å². The third-order valence-corrected chi connectivity index (χ3v) is 6.72. The third kappa shape index (κ3) is 4.83. The van der Waals surface area contributed by atoms with Crippen LogP contribution in [-0.4, -0.2) is 50.2 Å². The van der Waals surface area contributed by atoms with Crippen LogP contribution in [0, 0.1) is 11.3 Å². The van der Waals surface area contributed by atoms with E-state index in [2.05, 4.69) is 36.4 Å². The standard InChI is InChI=1S/C20H32N2O2S/c1-20(2,3)15-5-6-16-17(14-25-18(16)13-15)19(23)21-7-4-8-22-9-11-24-12-10-22/h14-15H,4-13H2,1-3H3,(H,21,23). The van der Waals surface area contributed by atoms with Crippen LogP contribution >= 0.6 is 11.3 Å². The Morgan fingerprint density at radius 3 is 2.84 bits per heavy atom. The molecule has 0 aromatic carbocycles. The summed E-state index contributed by atoms with van der Waals surface area (Å²) in [4.78, 5) is 16.4. The third-order valence-electron chi connectivity index (χ3n) is 5.67. The molecular weight excluding hydrogens is 332 g/mol. The average Bonchev–Trinajstić information content (AvgIpc) is 3.02. The van der Waals surface area contributed by atoms with Crippen LogP contribution < -0.4 is 5.32 Å². The van der Waals surface area contributed by atoms with E-state index >= 15 is 0 Å². The van der Waals surface area contributed by atoms with Crippen molar-refractivity contribution in [1.82, 2.24) is 10.2 Å². The Morgan fingerprint density at radius 2 is 2.12 bits per heavy atom. The molecule has 4 nitrogen and oxygen atoms in total. The molecule has 2 heterocycles. The predicted octanol–water partition coefficient (Wildman–Crippen LogP) is 3.35. The van der Waals surface area contributed by atoms with Crippen molar-refractivity contribution >= 4 is 17.2 Å². The summed E-state index contributed by atoms with van der Waals surface area (Å²) >= 11 is 1.78. The molecule has 1 unspecified atom stereocenters. The maximum Gasteiger partial charge on any atom is 0.252 e. The van der Waals surface area contributed by atoms with E-state index in [9.17, 15) is 4.79 Å². The van der Waals surface area contributed by atoms with Crippen LogP contribution in [0.3, 0.4) is 0 Å². The van der Waals surface area contributed by atoms with Crippen molar-refractivity contribution in [1.29, 1.82) is 0 Å².